The molecule has 0 radical (unpaired) electrons. The normalized spacial score (nSPS) is 10.2. The van der Waals surface area contributed by atoms with Crippen molar-refractivity contribution in [2.75, 3.05) is 5.32 Å². The molecule has 1 amide bonds. The van der Waals surface area contributed by atoms with Crippen LogP contribution in [0.25, 0.3) is 0 Å². The number of pyridine rings is 1. The Morgan fingerprint density at radius 2 is 1.95 bits per heavy atom. The molecule has 0 saturated carbocycles. The van der Waals surface area contributed by atoms with E-state index in [0.29, 0.717) is 21.4 Å². The van der Waals surface area contributed by atoms with Gasteiger partial charge in [0, 0.05) is 6.20 Å². The molecule has 2 rings (SSSR count). The van der Waals surface area contributed by atoms with E-state index in [-0.39, 0.29) is 5.56 Å². The fourth-order valence-electron chi connectivity index (χ4n) is 2.04. The number of nitrogens with one attached hydrogen (secondary N) is 1. The predicted molar refractivity (Wildman–Crippen MR) is 82.8 cm³/mol. The van der Waals surface area contributed by atoms with Gasteiger partial charge in [-0.15, -0.1) is 0 Å². The largest absolute Gasteiger partial charge is 0.478 e. The average molecular weight is 349 g/mol. The van der Waals surface area contributed by atoms with E-state index in [9.17, 15) is 14.7 Å². The van der Waals surface area contributed by atoms with E-state index in [2.05, 4.69) is 26.2 Å². The van der Waals surface area contributed by atoms with Crippen LogP contribution < -0.4 is 5.32 Å². The van der Waals surface area contributed by atoms with E-state index in [1.807, 2.05) is 13.0 Å². The monoisotopic (exact) mass is 348 g/mol. The SMILES string of the molecule is Cc1cc(C)c(NC(=O)c2cccnc2Br)c(C(=O)O)c1. The van der Waals surface area contributed by atoms with Crippen molar-refractivity contribution in [2.24, 2.45) is 0 Å². The molecule has 2 aromatic rings. The number of aromatic carboxylic acids is 1. The number of anilines is 1. The number of nitrogens with zero attached hydrogens (tertiary/aromatic N) is 1. The minimum absolute atomic E-state index is 0.0702. The number of hydrogen-bond donors (Lipinski definition) is 2. The third-order valence-electron chi connectivity index (χ3n) is 2.95. The topological polar surface area (TPSA) is 79.3 Å². The van der Waals surface area contributed by atoms with Gasteiger partial charge in [0.25, 0.3) is 5.91 Å². The molecule has 0 spiro atoms. The number of halogens is 1. The van der Waals surface area contributed by atoms with Crippen molar-refractivity contribution in [1.82, 2.24) is 4.98 Å². The Labute approximate surface area is 130 Å². The van der Waals surface area contributed by atoms with Crippen molar-refractivity contribution in [2.45, 2.75) is 13.8 Å². The molecule has 1 heterocycles. The lowest BCUT2D eigenvalue weighted by atomic mass is 10.0. The van der Waals surface area contributed by atoms with E-state index in [1.54, 1.807) is 25.3 Å². The molecular weight excluding hydrogens is 336 g/mol. The minimum Gasteiger partial charge on any atom is -0.478 e. The summed E-state index contributed by atoms with van der Waals surface area (Å²) in [7, 11) is 0. The zero-order chi connectivity index (χ0) is 15.6. The summed E-state index contributed by atoms with van der Waals surface area (Å²) < 4.78 is 0.407. The molecule has 2 N–H and O–H groups in total. The van der Waals surface area contributed by atoms with E-state index < -0.39 is 11.9 Å². The summed E-state index contributed by atoms with van der Waals surface area (Å²) in [6.07, 6.45) is 1.56. The number of carbonyl (C=O) groups excluding carboxylic acids is 1. The summed E-state index contributed by atoms with van der Waals surface area (Å²) >= 11 is 3.20. The van der Waals surface area contributed by atoms with Gasteiger partial charge in [0.15, 0.2) is 0 Å². The molecule has 0 bridgehead atoms. The molecule has 0 aliphatic rings. The van der Waals surface area contributed by atoms with Crippen LogP contribution in [0.1, 0.15) is 31.8 Å². The first kappa shape index (κ1) is 15.2. The first-order valence-corrected chi connectivity index (χ1v) is 6.96. The van der Waals surface area contributed by atoms with Gasteiger partial charge in [-0.25, -0.2) is 9.78 Å². The summed E-state index contributed by atoms with van der Waals surface area (Å²) in [5.74, 6) is -1.49. The van der Waals surface area contributed by atoms with Crippen LogP contribution in [0.3, 0.4) is 0 Å². The van der Waals surface area contributed by atoms with Crippen LogP contribution >= 0.6 is 15.9 Å². The molecule has 0 atom stereocenters. The summed E-state index contributed by atoms with van der Waals surface area (Å²) in [5, 5.41) is 11.9. The number of aromatic nitrogens is 1. The fourth-order valence-corrected chi connectivity index (χ4v) is 2.47. The molecule has 21 heavy (non-hydrogen) atoms. The summed E-state index contributed by atoms with van der Waals surface area (Å²) in [5.41, 5.74) is 2.23. The smallest absolute Gasteiger partial charge is 0.337 e. The van der Waals surface area contributed by atoms with Gasteiger partial charge in [-0.3, -0.25) is 4.79 Å². The van der Waals surface area contributed by atoms with E-state index >= 15 is 0 Å². The molecule has 0 unspecified atom stereocenters. The highest BCUT2D eigenvalue weighted by Crippen LogP contribution is 2.24. The molecular formula is C15H13BrN2O3. The molecule has 0 aliphatic heterocycles. The Balaban J connectivity index is 2.42. The number of amides is 1. The third kappa shape index (κ3) is 3.28. The second-order valence-electron chi connectivity index (χ2n) is 4.61. The Morgan fingerprint density at radius 3 is 2.57 bits per heavy atom. The maximum atomic E-state index is 12.3. The number of carboxylic acid groups (broad SMARTS) is 1. The lowest BCUT2D eigenvalue weighted by molar-refractivity contribution is 0.0698. The summed E-state index contributed by atoms with van der Waals surface area (Å²) in [6, 6.07) is 6.60. The number of aryl methyl sites for hydroxylation is 2. The Morgan fingerprint density at radius 1 is 1.24 bits per heavy atom. The van der Waals surface area contributed by atoms with Gasteiger partial charge in [-0.05, 0) is 59.1 Å². The number of carbonyl (C=O) groups is 2. The van der Waals surface area contributed by atoms with Crippen LogP contribution in [-0.4, -0.2) is 22.0 Å². The van der Waals surface area contributed by atoms with Gasteiger partial charge in [-0.2, -0.15) is 0 Å². The van der Waals surface area contributed by atoms with Crippen LogP contribution in [0.2, 0.25) is 0 Å². The average Bonchev–Trinajstić information content (AvgIpc) is 2.41. The van der Waals surface area contributed by atoms with E-state index in [0.717, 1.165) is 5.56 Å². The fraction of sp³-hybridized carbons (Fsp3) is 0.133. The van der Waals surface area contributed by atoms with Gasteiger partial charge in [0.05, 0.1) is 16.8 Å². The lowest BCUT2D eigenvalue weighted by Gasteiger charge is -2.13. The highest BCUT2D eigenvalue weighted by atomic mass is 79.9. The molecule has 6 heteroatoms. The number of carboxylic acids is 1. The van der Waals surface area contributed by atoms with Crippen molar-refractivity contribution >= 4 is 33.5 Å². The van der Waals surface area contributed by atoms with Gasteiger partial charge < -0.3 is 10.4 Å². The lowest BCUT2D eigenvalue weighted by Crippen LogP contribution is -2.17. The predicted octanol–water partition coefficient (Wildman–Crippen LogP) is 3.41. The van der Waals surface area contributed by atoms with E-state index in [1.165, 1.54) is 6.07 Å². The number of benzene rings is 1. The quantitative estimate of drug-likeness (QED) is 0.833. The van der Waals surface area contributed by atoms with Crippen LogP contribution in [-0.2, 0) is 0 Å². The zero-order valence-corrected chi connectivity index (χ0v) is 13.1. The second kappa shape index (κ2) is 6.05. The molecule has 1 aromatic heterocycles. The maximum absolute atomic E-state index is 12.3. The zero-order valence-electron chi connectivity index (χ0n) is 11.5. The van der Waals surface area contributed by atoms with E-state index in [4.69, 9.17) is 0 Å². The maximum Gasteiger partial charge on any atom is 0.337 e. The van der Waals surface area contributed by atoms with Crippen molar-refractivity contribution < 1.29 is 14.7 Å². The van der Waals surface area contributed by atoms with Gasteiger partial charge >= 0.3 is 5.97 Å². The molecule has 0 aliphatic carbocycles. The van der Waals surface area contributed by atoms with Crippen LogP contribution in [0.4, 0.5) is 5.69 Å². The summed E-state index contributed by atoms with van der Waals surface area (Å²) in [4.78, 5) is 27.6. The second-order valence-corrected chi connectivity index (χ2v) is 5.36. The first-order valence-electron chi connectivity index (χ1n) is 6.16. The van der Waals surface area contributed by atoms with Gasteiger partial charge in [-0.1, -0.05) is 6.07 Å². The molecule has 0 saturated heterocycles. The highest BCUT2D eigenvalue weighted by molar-refractivity contribution is 9.10. The molecule has 0 fully saturated rings. The third-order valence-corrected chi connectivity index (χ3v) is 3.58. The minimum atomic E-state index is -1.08. The highest BCUT2D eigenvalue weighted by Gasteiger charge is 2.18. The first-order chi connectivity index (χ1) is 9.90. The van der Waals surface area contributed by atoms with Crippen LogP contribution in [0.15, 0.2) is 35.1 Å². The molecule has 108 valence electrons. The molecule has 1 aromatic carbocycles. The van der Waals surface area contributed by atoms with Crippen molar-refractivity contribution in [3.8, 4) is 0 Å². The standard InChI is InChI=1S/C15H13BrN2O3/c1-8-6-9(2)12(11(7-8)15(20)21)18-14(19)10-4-3-5-17-13(10)16/h3-7H,1-2H3,(H,18,19)(H,20,21). The Hall–Kier alpha value is -2.21. The number of hydrogen-bond acceptors (Lipinski definition) is 3. The number of rotatable bonds is 3. The Bertz CT molecular complexity index is 729. The van der Waals surface area contributed by atoms with Crippen LogP contribution in [0, 0.1) is 13.8 Å². The Kier molecular flexibility index (Phi) is 4.37. The van der Waals surface area contributed by atoms with Crippen molar-refractivity contribution in [3.05, 3.63) is 57.3 Å². The van der Waals surface area contributed by atoms with Gasteiger partial charge in [0.1, 0.15) is 4.60 Å². The van der Waals surface area contributed by atoms with Crippen molar-refractivity contribution in [1.29, 1.82) is 0 Å². The summed E-state index contributed by atoms with van der Waals surface area (Å²) in [6.45, 7) is 3.57. The molecule has 5 nitrogen and oxygen atoms in total. The van der Waals surface area contributed by atoms with Crippen LogP contribution in [0.5, 0.6) is 0 Å². The van der Waals surface area contributed by atoms with Crippen molar-refractivity contribution in [3.63, 3.8) is 0 Å². The van der Waals surface area contributed by atoms with Gasteiger partial charge in [0.2, 0.25) is 0 Å².